The number of esters is 1. The monoisotopic (exact) mass is 325 g/mol. The molecule has 1 aromatic heterocycles. The highest BCUT2D eigenvalue weighted by atomic mass is 16.5. The Balaban J connectivity index is 1.67. The Labute approximate surface area is 141 Å². The molecule has 1 aliphatic heterocycles. The maximum Gasteiger partial charge on any atom is 0.322 e. The maximum absolute atomic E-state index is 11.6. The molecule has 2 aliphatic rings. The van der Waals surface area contributed by atoms with Crippen LogP contribution in [0.5, 0.6) is 0 Å². The topological polar surface area (TPSA) is 71.4 Å². The number of H-pyrrole nitrogens is 1. The van der Waals surface area contributed by atoms with Gasteiger partial charge in [-0.3, -0.25) is 9.69 Å². The fraction of sp³-hybridized carbons (Fsp3) is 0.421. The molecule has 0 spiro atoms. The standard InChI is InChI=1S/C19H23N3O2/c1-11(20)19(23)24-10-12-6-15-14-4-3-5-16-18(14)13(8-21-16)7-17(15)22(2)9-12/h3-6,8,11-12,17,21H,7,9-10,20H2,1-2H3/t11-,12+,17+/m0/s1. The zero-order valence-corrected chi connectivity index (χ0v) is 14.1. The van der Waals surface area contributed by atoms with Crippen molar-refractivity contribution in [2.24, 2.45) is 11.7 Å². The van der Waals surface area contributed by atoms with Crippen molar-refractivity contribution in [3.05, 3.63) is 41.6 Å². The van der Waals surface area contributed by atoms with Gasteiger partial charge in [0.15, 0.2) is 0 Å². The molecule has 0 bridgehead atoms. The fourth-order valence-electron chi connectivity index (χ4n) is 3.97. The molecular formula is C19H23N3O2. The molecule has 5 heteroatoms. The summed E-state index contributed by atoms with van der Waals surface area (Å²) in [5.74, 6) is -0.142. The van der Waals surface area contributed by atoms with Gasteiger partial charge in [0.2, 0.25) is 0 Å². The normalized spacial score (nSPS) is 24.4. The number of aromatic amines is 1. The minimum absolute atomic E-state index is 0.194. The summed E-state index contributed by atoms with van der Waals surface area (Å²) >= 11 is 0. The minimum atomic E-state index is -0.572. The van der Waals surface area contributed by atoms with Gasteiger partial charge in [-0.15, -0.1) is 0 Å². The molecule has 0 radical (unpaired) electrons. The average molecular weight is 325 g/mol. The van der Waals surface area contributed by atoms with Crippen LogP contribution < -0.4 is 5.73 Å². The van der Waals surface area contributed by atoms with Crippen LogP contribution in [0.15, 0.2) is 30.5 Å². The third-order valence-corrected chi connectivity index (χ3v) is 5.15. The molecule has 0 fully saturated rings. The molecule has 1 aliphatic carbocycles. The number of benzene rings is 1. The predicted octanol–water partition coefficient (Wildman–Crippen LogP) is 1.93. The van der Waals surface area contributed by atoms with Gasteiger partial charge < -0.3 is 15.5 Å². The third kappa shape index (κ3) is 2.44. The second kappa shape index (κ2) is 5.76. The smallest absolute Gasteiger partial charge is 0.322 e. The number of carbonyl (C=O) groups is 1. The number of rotatable bonds is 3. The maximum atomic E-state index is 11.6. The van der Waals surface area contributed by atoms with Crippen molar-refractivity contribution >= 4 is 22.4 Å². The summed E-state index contributed by atoms with van der Waals surface area (Å²) < 4.78 is 5.36. The molecule has 2 aromatic rings. The van der Waals surface area contributed by atoms with E-state index in [1.165, 1.54) is 27.6 Å². The van der Waals surface area contributed by atoms with E-state index in [0.717, 1.165) is 13.0 Å². The third-order valence-electron chi connectivity index (χ3n) is 5.15. The van der Waals surface area contributed by atoms with Crippen molar-refractivity contribution in [2.45, 2.75) is 25.4 Å². The van der Waals surface area contributed by atoms with Crippen molar-refractivity contribution in [1.29, 1.82) is 0 Å². The second-order valence-electron chi connectivity index (χ2n) is 7.00. The lowest BCUT2D eigenvalue weighted by molar-refractivity contribution is -0.145. The average Bonchev–Trinajstić information content (AvgIpc) is 2.98. The number of fused-ring (bicyclic) bond motifs is 2. The van der Waals surface area contributed by atoms with Crippen molar-refractivity contribution in [1.82, 2.24) is 9.88 Å². The number of likely N-dealkylation sites (N-methyl/N-ethyl adjacent to an activating group) is 1. The van der Waals surface area contributed by atoms with Crippen LogP contribution in [0.25, 0.3) is 16.5 Å². The molecule has 24 heavy (non-hydrogen) atoms. The Morgan fingerprint density at radius 3 is 3.12 bits per heavy atom. The Hall–Kier alpha value is -2.11. The molecule has 4 rings (SSSR count). The lowest BCUT2D eigenvalue weighted by atomic mass is 9.80. The SMILES string of the molecule is C[C@H](N)C(=O)OC[C@@H]1C=C2c3cccc4[nH]cc(c34)C[C@H]2N(C)C1. The van der Waals surface area contributed by atoms with E-state index < -0.39 is 6.04 Å². The quantitative estimate of drug-likeness (QED) is 0.846. The first kappa shape index (κ1) is 15.4. The van der Waals surface area contributed by atoms with Crippen molar-refractivity contribution < 1.29 is 9.53 Å². The van der Waals surface area contributed by atoms with Gasteiger partial charge in [-0.2, -0.15) is 0 Å². The van der Waals surface area contributed by atoms with Crippen LogP contribution in [0, 0.1) is 5.92 Å². The first-order chi connectivity index (χ1) is 11.5. The van der Waals surface area contributed by atoms with Gasteiger partial charge in [0.25, 0.3) is 0 Å². The molecule has 0 amide bonds. The molecule has 126 valence electrons. The predicted molar refractivity (Wildman–Crippen MR) is 94.5 cm³/mol. The van der Waals surface area contributed by atoms with Gasteiger partial charge in [-0.25, -0.2) is 0 Å². The summed E-state index contributed by atoms with van der Waals surface area (Å²) in [6.45, 7) is 2.92. The minimum Gasteiger partial charge on any atom is -0.464 e. The zero-order chi connectivity index (χ0) is 16.8. The molecule has 2 heterocycles. The van der Waals surface area contributed by atoms with Gasteiger partial charge in [0.1, 0.15) is 6.04 Å². The van der Waals surface area contributed by atoms with Crippen LogP contribution in [0.1, 0.15) is 18.1 Å². The fourth-order valence-corrected chi connectivity index (χ4v) is 3.97. The Kier molecular flexibility index (Phi) is 3.70. The van der Waals surface area contributed by atoms with Crippen LogP contribution in [-0.2, 0) is 16.0 Å². The second-order valence-corrected chi connectivity index (χ2v) is 7.00. The number of nitrogens with zero attached hydrogens (tertiary/aromatic N) is 1. The molecular weight excluding hydrogens is 302 g/mol. The van der Waals surface area contributed by atoms with Crippen LogP contribution in [0.4, 0.5) is 0 Å². The van der Waals surface area contributed by atoms with Gasteiger partial charge in [-0.05, 0) is 43.2 Å². The molecule has 1 aromatic carbocycles. The molecule has 3 atom stereocenters. The molecule has 3 N–H and O–H groups in total. The number of aromatic nitrogens is 1. The molecule has 0 saturated carbocycles. The van der Waals surface area contributed by atoms with E-state index in [2.05, 4.69) is 47.4 Å². The number of nitrogens with two attached hydrogens (primary N) is 1. The van der Waals surface area contributed by atoms with Gasteiger partial charge in [0, 0.05) is 35.6 Å². The largest absolute Gasteiger partial charge is 0.464 e. The number of carbonyl (C=O) groups excluding carboxylic acids is 1. The summed E-state index contributed by atoms with van der Waals surface area (Å²) in [7, 11) is 2.15. The van der Waals surface area contributed by atoms with Crippen LogP contribution >= 0.6 is 0 Å². The lowest BCUT2D eigenvalue weighted by Gasteiger charge is -2.39. The first-order valence-corrected chi connectivity index (χ1v) is 8.48. The Bertz CT molecular complexity index is 821. The van der Waals surface area contributed by atoms with Crippen molar-refractivity contribution in [3.8, 4) is 0 Å². The van der Waals surface area contributed by atoms with E-state index in [9.17, 15) is 4.79 Å². The Morgan fingerprint density at radius 2 is 2.33 bits per heavy atom. The van der Waals surface area contributed by atoms with Crippen molar-refractivity contribution in [3.63, 3.8) is 0 Å². The summed E-state index contributed by atoms with van der Waals surface area (Å²) in [4.78, 5) is 17.4. The number of hydrogen-bond donors (Lipinski definition) is 2. The van der Waals surface area contributed by atoms with E-state index in [-0.39, 0.29) is 11.9 Å². The van der Waals surface area contributed by atoms with E-state index in [4.69, 9.17) is 10.5 Å². The summed E-state index contributed by atoms with van der Waals surface area (Å²) in [6, 6.07) is 6.23. The highest BCUT2D eigenvalue weighted by Gasteiger charge is 2.33. The Morgan fingerprint density at radius 1 is 1.50 bits per heavy atom. The van der Waals surface area contributed by atoms with E-state index in [1.54, 1.807) is 6.92 Å². The number of nitrogens with one attached hydrogen (secondary N) is 1. The highest BCUT2D eigenvalue weighted by Crippen LogP contribution is 2.40. The van der Waals surface area contributed by atoms with E-state index >= 15 is 0 Å². The van der Waals surface area contributed by atoms with Crippen LogP contribution in [-0.4, -0.2) is 48.1 Å². The summed E-state index contributed by atoms with van der Waals surface area (Å²) in [5, 5.41) is 1.33. The number of ether oxygens (including phenoxy) is 1. The zero-order valence-electron chi connectivity index (χ0n) is 14.1. The summed E-state index contributed by atoms with van der Waals surface area (Å²) in [5.41, 5.74) is 10.8. The molecule has 0 unspecified atom stereocenters. The highest BCUT2D eigenvalue weighted by molar-refractivity contribution is 5.98. The summed E-state index contributed by atoms with van der Waals surface area (Å²) in [6.07, 6.45) is 5.45. The van der Waals surface area contributed by atoms with E-state index in [1.807, 2.05) is 0 Å². The lowest BCUT2D eigenvalue weighted by Crippen LogP contribution is -2.44. The van der Waals surface area contributed by atoms with Gasteiger partial charge in [0.05, 0.1) is 6.61 Å². The molecule has 5 nitrogen and oxygen atoms in total. The number of hydrogen-bond acceptors (Lipinski definition) is 4. The molecule has 0 saturated heterocycles. The van der Waals surface area contributed by atoms with E-state index in [0.29, 0.717) is 12.6 Å². The van der Waals surface area contributed by atoms with Crippen LogP contribution in [0.2, 0.25) is 0 Å². The first-order valence-electron chi connectivity index (χ1n) is 8.48. The van der Waals surface area contributed by atoms with Gasteiger partial charge >= 0.3 is 5.97 Å². The van der Waals surface area contributed by atoms with Crippen molar-refractivity contribution in [2.75, 3.05) is 20.2 Å². The van der Waals surface area contributed by atoms with Gasteiger partial charge in [-0.1, -0.05) is 18.2 Å². The van der Waals surface area contributed by atoms with Crippen LogP contribution in [0.3, 0.4) is 0 Å².